The van der Waals surface area contributed by atoms with Crippen molar-refractivity contribution in [3.8, 4) is 0 Å². The molecule has 2 heterocycles. The number of hydrogen-bond acceptors (Lipinski definition) is 5. The van der Waals surface area contributed by atoms with E-state index >= 15 is 0 Å². The van der Waals surface area contributed by atoms with Crippen LogP contribution in [0.2, 0.25) is 10.3 Å². The summed E-state index contributed by atoms with van der Waals surface area (Å²) in [7, 11) is 0. The molecular formula is C10H6Cl2N2O2S. The summed E-state index contributed by atoms with van der Waals surface area (Å²) in [5.41, 5.74) is 0.0566. The van der Waals surface area contributed by atoms with Gasteiger partial charge >= 0.3 is 0 Å². The largest absolute Gasteiger partial charge is 0.461 e. The lowest BCUT2D eigenvalue weighted by molar-refractivity contribution is 0.101. The van der Waals surface area contributed by atoms with Crippen molar-refractivity contribution >= 4 is 40.7 Å². The molecule has 0 saturated carbocycles. The van der Waals surface area contributed by atoms with E-state index in [9.17, 15) is 4.79 Å². The molecule has 2 aromatic rings. The predicted octanol–water partition coefficient (Wildman–Crippen LogP) is 3.33. The van der Waals surface area contributed by atoms with Crippen LogP contribution in [0.25, 0.3) is 0 Å². The Kier molecular flexibility index (Phi) is 3.71. The molecule has 0 fully saturated rings. The van der Waals surface area contributed by atoms with Gasteiger partial charge in [0, 0.05) is 0 Å². The molecule has 0 radical (unpaired) electrons. The van der Waals surface area contributed by atoms with Crippen LogP contribution < -0.4 is 0 Å². The number of aromatic nitrogens is 2. The lowest BCUT2D eigenvalue weighted by Gasteiger charge is -2.04. The fourth-order valence-corrected chi connectivity index (χ4v) is 2.22. The van der Waals surface area contributed by atoms with E-state index in [1.807, 2.05) is 0 Å². The second-order valence-corrected chi connectivity index (χ2v) is 4.46. The van der Waals surface area contributed by atoms with Crippen molar-refractivity contribution in [2.45, 2.75) is 5.16 Å². The van der Waals surface area contributed by atoms with Crippen molar-refractivity contribution in [2.24, 2.45) is 0 Å². The Bertz CT molecular complexity index is 534. The van der Waals surface area contributed by atoms with Crippen LogP contribution >= 0.6 is 35.0 Å². The van der Waals surface area contributed by atoms with Gasteiger partial charge in [-0.25, -0.2) is 9.97 Å². The summed E-state index contributed by atoms with van der Waals surface area (Å²) in [4.78, 5) is 19.9. The van der Waals surface area contributed by atoms with Crippen LogP contribution in [0.1, 0.15) is 16.1 Å². The second-order valence-electron chi connectivity index (χ2n) is 2.97. The number of ketones is 1. The van der Waals surface area contributed by atoms with Gasteiger partial charge in [-0.1, -0.05) is 35.0 Å². The zero-order chi connectivity index (χ0) is 12.4. The van der Waals surface area contributed by atoms with E-state index < -0.39 is 5.78 Å². The highest BCUT2D eigenvalue weighted by Crippen LogP contribution is 2.26. The smallest absolute Gasteiger partial charge is 0.234 e. The zero-order valence-electron chi connectivity index (χ0n) is 8.61. The molecule has 0 unspecified atom stereocenters. The van der Waals surface area contributed by atoms with E-state index in [0.717, 1.165) is 0 Å². The lowest BCUT2D eigenvalue weighted by atomic mass is 10.2. The second kappa shape index (κ2) is 5.08. The van der Waals surface area contributed by atoms with Gasteiger partial charge in [-0.05, 0) is 18.4 Å². The number of hydrogen-bond donors (Lipinski definition) is 0. The number of furan rings is 1. The molecule has 0 aliphatic heterocycles. The first kappa shape index (κ1) is 12.4. The number of rotatable bonds is 3. The molecule has 0 aromatic carbocycles. The fourth-order valence-electron chi connectivity index (χ4n) is 1.20. The normalized spacial score (nSPS) is 10.5. The van der Waals surface area contributed by atoms with Gasteiger partial charge in [0.25, 0.3) is 0 Å². The number of nitrogens with zero attached hydrogens (tertiary/aromatic N) is 2. The van der Waals surface area contributed by atoms with E-state index in [2.05, 4.69) is 9.97 Å². The van der Waals surface area contributed by atoms with Crippen LogP contribution in [-0.4, -0.2) is 22.0 Å². The summed E-state index contributed by atoms with van der Waals surface area (Å²) in [6, 6.07) is 3.13. The van der Waals surface area contributed by atoms with E-state index in [4.69, 9.17) is 27.6 Å². The van der Waals surface area contributed by atoms with Crippen LogP contribution in [0.4, 0.5) is 0 Å². The minimum Gasteiger partial charge on any atom is -0.461 e. The van der Waals surface area contributed by atoms with Crippen LogP contribution in [0, 0.1) is 0 Å². The van der Waals surface area contributed by atoms with Crippen LogP contribution in [0.5, 0.6) is 0 Å². The summed E-state index contributed by atoms with van der Waals surface area (Å²) < 4.78 is 4.99. The third-order valence-electron chi connectivity index (χ3n) is 1.95. The molecule has 2 rings (SSSR count). The first-order valence-corrected chi connectivity index (χ1v) is 6.46. The third-order valence-corrected chi connectivity index (χ3v) is 3.05. The van der Waals surface area contributed by atoms with Crippen molar-refractivity contribution in [3.63, 3.8) is 0 Å². The van der Waals surface area contributed by atoms with Crippen molar-refractivity contribution in [2.75, 3.05) is 6.26 Å². The molecule has 0 aliphatic rings. The Morgan fingerprint density at radius 1 is 1.35 bits per heavy atom. The Hall–Kier alpha value is -1.04. The number of carbonyl (C=O) groups is 1. The highest BCUT2D eigenvalue weighted by Gasteiger charge is 2.22. The minimum absolute atomic E-state index is 0.0238. The molecule has 0 bridgehead atoms. The van der Waals surface area contributed by atoms with Gasteiger partial charge in [0.2, 0.25) is 5.78 Å². The average molecular weight is 289 g/mol. The van der Waals surface area contributed by atoms with Gasteiger partial charge < -0.3 is 4.42 Å². The number of thioether (sulfide) groups is 1. The summed E-state index contributed by atoms with van der Waals surface area (Å²) in [6.07, 6.45) is 3.18. The Labute approximate surface area is 111 Å². The average Bonchev–Trinajstić information content (AvgIpc) is 2.81. The predicted molar refractivity (Wildman–Crippen MR) is 66.0 cm³/mol. The van der Waals surface area contributed by atoms with Crippen molar-refractivity contribution in [3.05, 3.63) is 40.0 Å². The lowest BCUT2D eigenvalue weighted by Crippen LogP contribution is -2.05. The molecule has 88 valence electrons. The first-order chi connectivity index (χ1) is 8.13. The van der Waals surface area contributed by atoms with Crippen molar-refractivity contribution < 1.29 is 9.21 Å². The maximum atomic E-state index is 12.0. The van der Waals surface area contributed by atoms with Gasteiger partial charge in [-0.3, -0.25) is 4.79 Å². The SMILES string of the molecule is CSc1nc(Cl)c(C(=O)c2ccco2)c(Cl)n1. The van der Waals surface area contributed by atoms with Crippen molar-refractivity contribution in [1.82, 2.24) is 9.97 Å². The van der Waals surface area contributed by atoms with E-state index in [1.54, 1.807) is 12.3 Å². The zero-order valence-corrected chi connectivity index (χ0v) is 10.9. The van der Waals surface area contributed by atoms with Crippen LogP contribution in [0.15, 0.2) is 28.0 Å². The minimum atomic E-state index is -0.433. The first-order valence-electron chi connectivity index (χ1n) is 4.48. The third kappa shape index (κ3) is 2.46. The molecule has 0 aliphatic carbocycles. The van der Waals surface area contributed by atoms with Crippen LogP contribution in [0.3, 0.4) is 0 Å². The molecule has 7 heteroatoms. The molecule has 0 amide bonds. The summed E-state index contributed by atoms with van der Waals surface area (Å²) >= 11 is 13.1. The fraction of sp³-hybridized carbons (Fsp3) is 0.100. The van der Waals surface area contributed by atoms with E-state index in [1.165, 1.54) is 24.1 Å². The Balaban J connectivity index is 2.49. The Morgan fingerprint density at radius 2 is 2.00 bits per heavy atom. The van der Waals surface area contributed by atoms with Gasteiger partial charge in [0.05, 0.1) is 6.26 Å². The summed E-state index contributed by atoms with van der Waals surface area (Å²) in [5.74, 6) is -0.285. The van der Waals surface area contributed by atoms with Gasteiger partial charge in [-0.15, -0.1) is 0 Å². The van der Waals surface area contributed by atoms with Crippen molar-refractivity contribution in [1.29, 1.82) is 0 Å². The molecule has 4 nitrogen and oxygen atoms in total. The molecule has 0 N–H and O–H groups in total. The number of halogens is 2. The molecule has 0 spiro atoms. The Morgan fingerprint density at radius 3 is 2.47 bits per heavy atom. The monoisotopic (exact) mass is 288 g/mol. The molecule has 2 aromatic heterocycles. The molecule has 0 atom stereocenters. The maximum Gasteiger partial charge on any atom is 0.234 e. The highest BCUT2D eigenvalue weighted by molar-refractivity contribution is 7.98. The molecule has 0 saturated heterocycles. The highest BCUT2D eigenvalue weighted by atomic mass is 35.5. The quantitative estimate of drug-likeness (QED) is 0.375. The summed E-state index contributed by atoms with van der Waals surface area (Å²) in [6.45, 7) is 0. The topological polar surface area (TPSA) is 56.0 Å². The standard InChI is InChI=1S/C10H6Cl2N2O2S/c1-17-10-13-8(11)6(9(12)14-10)7(15)5-3-2-4-16-5/h2-4H,1H3. The summed E-state index contributed by atoms with van der Waals surface area (Å²) in [5, 5.41) is 0.461. The maximum absolute atomic E-state index is 12.0. The number of carbonyl (C=O) groups excluding carboxylic acids is 1. The van der Waals surface area contributed by atoms with E-state index in [-0.39, 0.29) is 21.6 Å². The van der Waals surface area contributed by atoms with Gasteiger partial charge in [-0.2, -0.15) is 0 Å². The van der Waals surface area contributed by atoms with Gasteiger partial charge in [0.1, 0.15) is 15.9 Å². The van der Waals surface area contributed by atoms with Gasteiger partial charge in [0.15, 0.2) is 10.9 Å². The van der Waals surface area contributed by atoms with E-state index in [0.29, 0.717) is 5.16 Å². The molecular weight excluding hydrogens is 283 g/mol. The van der Waals surface area contributed by atoms with Crippen LogP contribution in [-0.2, 0) is 0 Å². The molecule has 17 heavy (non-hydrogen) atoms.